The van der Waals surface area contributed by atoms with E-state index in [0.29, 0.717) is 0 Å². The molecule has 0 N–H and O–H groups in total. The van der Waals surface area contributed by atoms with Crippen LogP contribution in [0.2, 0.25) is 0 Å². The van der Waals surface area contributed by atoms with Crippen LogP contribution in [0.25, 0.3) is 21.9 Å². The molecule has 0 fully saturated rings. The van der Waals surface area contributed by atoms with Crippen molar-refractivity contribution in [1.29, 1.82) is 0 Å². The van der Waals surface area contributed by atoms with Crippen LogP contribution in [-0.4, -0.2) is 0 Å². The fraction of sp³-hybridized carbons (Fsp3) is 0.158. The van der Waals surface area contributed by atoms with Gasteiger partial charge in [0, 0.05) is 0 Å². The van der Waals surface area contributed by atoms with E-state index >= 15 is 0 Å². The Labute approximate surface area is 130 Å². The van der Waals surface area contributed by atoms with Crippen LogP contribution in [0.5, 0.6) is 0 Å². The van der Waals surface area contributed by atoms with E-state index in [1.165, 1.54) is 0 Å². The molecule has 0 radical (unpaired) electrons. The minimum atomic E-state index is -0.639. The van der Waals surface area contributed by atoms with Gasteiger partial charge in [-0.25, -0.2) is 0 Å². The number of hydrogen-bond donors (Lipinski definition) is 0. The molecule has 0 atom stereocenters. The molecule has 3 aromatic rings. The molecule has 3 rings (SSSR count). The van der Waals surface area contributed by atoms with Gasteiger partial charge in [0.15, 0.2) is 0 Å². The molecule has 3 aromatic carbocycles. The van der Waals surface area contributed by atoms with E-state index < -0.39 is 59.9 Å². The topological polar surface area (TPSA) is 0 Å². The van der Waals surface area contributed by atoms with Crippen molar-refractivity contribution in [2.45, 2.75) is 19.8 Å². The second-order valence-corrected chi connectivity index (χ2v) is 4.44. The Bertz CT molecular complexity index is 1200. The summed E-state index contributed by atoms with van der Waals surface area (Å²) in [7, 11) is 0. The molecular formula is C19H18. The summed E-state index contributed by atoms with van der Waals surface area (Å²) in [6.45, 7) is 3.48. The molecular weight excluding hydrogens is 228 g/mol. The van der Waals surface area contributed by atoms with Crippen molar-refractivity contribution in [2.75, 3.05) is 0 Å². The molecule has 0 heteroatoms. The molecule has 0 aliphatic carbocycles. The van der Waals surface area contributed by atoms with E-state index in [1.54, 1.807) is 13.8 Å². The monoisotopic (exact) mass is 257 g/mol. The normalized spacial score (nSPS) is 19.2. The van der Waals surface area contributed by atoms with Gasteiger partial charge < -0.3 is 0 Å². The van der Waals surface area contributed by atoms with E-state index in [2.05, 4.69) is 0 Å². The third-order valence-electron chi connectivity index (χ3n) is 2.72. The van der Waals surface area contributed by atoms with Crippen LogP contribution in [0.4, 0.5) is 0 Å². The van der Waals surface area contributed by atoms with Gasteiger partial charge in [-0.2, -0.15) is 0 Å². The van der Waals surface area contributed by atoms with Gasteiger partial charge in [0.05, 0.1) is 15.1 Å². The smallest absolute Gasteiger partial charge is 0.0622 e. The summed E-state index contributed by atoms with van der Waals surface area (Å²) in [5, 5.41) is -0.331. The molecule has 0 bridgehead atoms. The summed E-state index contributed by atoms with van der Waals surface area (Å²) in [6.07, 6.45) is 0. The molecule has 0 nitrogen and oxygen atoms in total. The lowest BCUT2D eigenvalue weighted by atomic mass is 9.96. The first kappa shape index (κ1) is 4.79. The predicted molar refractivity (Wildman–Crippen MR) is 83.5 cm³/mol. The zero-order valence-corrected chi connectivity index (χ0v) is 10.6. The molecule has 19 heavy (non-hydrogen) atoms. The van der Waals surface area contributed by atoms with Gasteiger partial charge in [0.2, 0.25) is 0 Å². The van der Waals surface area contributed by atoms with E-state index in [1.807, 2.05) is 0 Å². The highest BCUT2D eigenvalue weighted by Gasteiger charge is 2.02. The van der Waals surface area contributed by atoms with Crippen molar-refractivity contribution in [2.24, 2.45) is 0 Å². The molecule has 0 unspecified atom stereocenters. The Morgan fingerprint density at radius 3 is 2.16 bits per heavy atom. The van der Waals surface area contributed by atoms with Crippen molar-refractivity contribution in [3.05, 3.63) is 72.0 Å². The largest absolute Gasteiger partial charge is 0.0636 e. The highest BCUT2D eigenvalue weighted by Crippen LogP contribution is 2.26. The highest BCUT2D eigenvalue weighted by atomic mass is 14.1. The van der Waals surface area contributed by atoms with Gasteiger partial charge in [0.1, 0.15) is 0 Å². The van der Waals surface area contributed by atoms with Crippen LogP contribution >= 0.6 is 0 Å². The van der Waals surface area contributed by atoms with Gasteiger partial charge in [-0.3, -0.25) is 0 Å². The minimum absolute atomic E-state index is 0.120. The summed E-state index contributed by atoms with van der Waals surface area (Å²) < 4.78 is 90.3. The lowest BCUT2D eigenvalue weighted by Gasteiger charge is -2.08. The number of hydrogen-bond acceptors (Lipinski definition) is 0. The van der Waals surface area contributed by atoms with Crippen LogP contribution in [0.1, 0.15) is 40.4 Å². The summed E-state index contributed by atoms with van der Waals surface area (Å²) >= 11 is 0. The maximum Gasteiger partial charge on any atom is 0.0636 e. The van der Waals surface area contributed by atoms with E-state index in [0.717, 1.165) is 0 Å². The van der Waals surface area contributed by atoms with Gasteiger partial charge in [-0.15, -0.1) is 0 Å². The van der Waals surface area contributed by atoms with Crippen molar-refractivity contribution in [1.82, 2.24) is 0 Å². The Balaban J connectivity index is 2.63. The average Bonchev–Trinajstić information content (AvgIpc) is 2.68. The number of fused-ring (bicyclic) bond motifs is 1. The van der Waals surface area contributed by atoms with Crippen LogP contribution in [0.3, 0.4) is 0 Å². The van der Waals surface area contributed by atoms with E-state index in [9.17, 15) is 0 Å². The van der Waals surface area contributed by atoms with E-state index in [4.69, 9.17) is 15.1 Å². The fourth-order valence-corrected chi connectivity index (χ4v) is 1.68. The summed E-state index contributed by atoms with van der Waals surface area (Å²) in [4.78, 5) is 0. The van der Waals surface area contributed by atoms with Gasteiger partial charge in [-0.1, -0.05) is 74.3 Å². The van der Waals surface area contributed by atoms with Crippen molar-refractivity contribution < 1.29 is 15.1 Å². The van der Waals surface area contributed by atoms with E-state index in [-0.39, 0.29) is 39.9 Å². The van der Waals surface area contributed by atoms with Crippen LogP contribution in [0, 0.1) is 0 Å². The summed E-state index contributed by atoms with van der Waals surface area (Å²) in [6, 6.07) is -5.56. The SMILES string of the molecule is [2H]c1c([2H])c([2H])c(-c2c([2H])c([2H])c3c([2H])c(C(C)C)c([2H])c([2H])c3c2[2H])c([2H])c1[2H]. The first-order chi connectivity index (χ1) is 13.8. The summed E-state index contributed by atoms with van der Waals surface area (Å²) in [5.74, 6) is -0.290. The molecule has 0 saturated heterocycles. The molecule has 0 amide bonds. The third kappa shape index (κ3) is 2.39. The lowest BCUT2D eigenvalue weighted by Crippen LogP contribution is -1.87. The number of rotatable bonds is 2. The number of benzene rings is 3. The Morgan fingerprint density at radius 1 is 0.737 bits per heavy atom. The molecule has 0 aromatic heterocycles. The Hall–Kier alpha value is -2.08. The first-order valence-corrected chi connectivity index (χ1v) is 5.94. The zero-order valence-electron chi connectivity index (χ0n) is 21.6. The maximum atomic E-state index is 8.59. The average molecular weight is 257 g/mol. The second kappa shape index (κ2) is 4.89. The van der Waals surface area contributed by atoms with Crippen LogP contribution < -0.4 is 0 Å². The maximum absolute atomic E-state index is 8.59. The minimum Gasteiger partial charge on any atom is -0.0622 e. The van der Waals surface area contributed by atoms with Crippen LogP contribution in [-0.2, 0) is 0 Å². The van der Waals surface area contributed by atoms with Gasteiger partial charge in [0.25, 0.3) is 0 Å². The Kier molecular flexibility index (Phi) is 1.23. The van der Waals surface area contributed by atoms with Crippen molar-refractivity contribution >= 4 is 10.8 Å². The second-order valence-electron chi connectivity index (χ2n) is 4.44. The lowest BCUT2D eigenvalue weighted by molar-refractivity contribution is 0.869. The standard InChI is InChI=1S/C19H18/c1-14(2)16-8-9-19-13-17(10-11-18(19)12-16)15-6-4-3-5-7-15/h3-14H,1-2H3/i3D,4D,5D,6D,7D,8D,9D,10D,11D,12D,13D. The van der Waals surface area contributed by atoms with Crippen molar-refractivity contribution in [3.8, 4) is 11.1 Å². The molecule has 0 spiro atoms. The summed E-state index contributed by atoms with van der Waals surface area (Å²) in [5.41, 5.74) is -0.554. The third-order valence-corrected chi connectivity index (χ3v) is 2.72. The molecule has 0 aliphatic heterocycles. The van der Waals surface area contributed by atoms with Gasteiger partial charge in [-0.05, 0) is 39.4 Å². The first-order valence-electron chi connectivity index (χ1n) is 11.4. The molecule has 94 valence electrons. The molecule has 0 aliphatic rings. The zero-order chi connectivity index (χ0) is 22.8. The molecule has 0 saturated carbocycles. The van der Waals surface area contributed by atoms with Crippen molar-refractivity contribution in [3.63, 3.8) is 0 Å². The quantitative estimate of drug-likeness (QED) is 0.558. The van der Waals surface area contributed by atoms with Gasteiger partial charge >= 0.3 is 0 Å². The highest BCUT2D eigenvalue weighted by molar-refractivity contribution is 5.87. The van der Waals surface area contributed by atoms with Crippen LogP contribution in [0.15, 0.2) is 66.5 Å². The predicted octanol–water partition coefficient (Wildman–Crippen LogP) is 5.63. The Morgan fingerprint density at radius 2 is 1.42 bits per heavy atom. The molecule has 0 heterocycles. The fourth-order valence-electron chi connectivity index (χ4n) is 1.68.